The summed E-state index contributed by atoms with van der Waals surface area (Å²) in [5.74, 6) is 1.56. The molecule has 6 nitrogen and oxygen atoms in total. The molecule has 3 aromatic rings. The number of benzene rings is 2. The largest absolute Gasteiger partial charge is 0.492 e. The molecule has 0 saturated carbocycles. The van der Waals surface area contributed by atoms with E-state index >= 15 is 0 Å². The van der Waals surface area contributed by atoms with Gasteiger partial charge in [0, 0.05) is 38.3 Å². The molecule has 0 aliphatic carbocycles. The molecule has 0 radical (unpaired) electrons. The molecule has 0 spiro atoms. The van der Waals surface area contributed by atoms with Crippen LogP contribution >= 0.6 is 0 Å². The van der Waals surface area contributed by atoms with E-state index in [0.29, 0.717) is 19.0 Å². The molecule has 1 aromatic heterocycles. The second kappa shape index (κ2) is 10.2. The number of hydrogen-bond donors (Lipinski definition) is 1. The number of hydrogen-bond acceptors (Lipinski definition) is 6. The molecule has 2 aromatic carbocycles. The van der Waals surface area contributed by atoms with E-state index in [4.69, 9.17) is 13.9 Å². The highest BCUT2D eigenvalue weighted by Crippen LogP contribution is 2.18. The Bertz CT molecular complexity index is 876. The third-order valence-electron chi connectivity index (χ3n) is 4.89. The maximum absolute atomic E-state index is 5.93. The first kappa shape index (κ1) is 19.6. The third-order valence-corrected chi connectivity index (χ3v) is 4.89. The summed E-state index contributed by atoms with van der Waals surface area (Å²) in [7, 11) is 0. The Hall–Kier alpha value is -2.67. The zero-order valence-corrected chi connectivity index (χ0v) is 16.5. The topological polar surface area (TPSA) is 59.8 Å². The van der Waals surface area contributed by atoms with Gasteiger partial charge in [-0.15, -0.1) is 0 Å². The summed E-state index contributed by atoms with van der Waals surface area (Å²) in [6, 6.07) is 18.2. The van der Waals surface area contributed by atoms with Crippen molar-refractivity contribution in [3.63, 3.8) is 0 Å². The van der Waals surface area contributed by atoms with Crippen LogP contribution in [-0.4, -0.2) is 49.3 Å². The third kappa shape index (κ3) is 5.90. The van der Waals surface area contributed by atoms with Gasteiger partial charge in [0.05, 0.1) is 18.9 Å². The number of nitrogens with one attached hydrogen (secondary N) is 1. The van der Waals surface area contributed by atoms with Gasteiger partial charge in [0.25, 0.3) is 0 Å². The summed E-state index contributed by atoms with van der Waals surface area (Å²) in [4.78, 5) is 6.92. The summed E-state index contributed by atoms with van der Waals surface area (Å²) in [5, 5.41) is 3.42. The van der Waals surface area contributed by atoms with Crippen molar-refractivity contribution in [3.05, 3.63) is 72.1 Å². The highest BCUT2D eigenvalue weighted by Gasteiger charge is 2.10. The second-order valence-corrected chi connectivity index (χ2v) is 7.06. The van der Waals surface area contributed by atoms with Crippen LogP contribution in [0.3, 0.4) is 0 Å². The lowest BCUT2D eigenvalue weighted by atomic mass is 10.2. The lowest BCUT2D eigenvalue weighted by molar-refractivity contribution is 0.0322. The van der Waals surface area contributed by atoms with E-state index in [9.17, 15) is 0 Å². The van der Waals surface area contributed by atoms with Crippen LogP contribution in [-0.2, 0) is 17.8 Å². The Morgan fingerprint density at radius 3 is 2.72 bits per heavy atom. The predicted molar refractivity (Wildman–Crippen MR) is 112 cm³/mol. The van der Waals surface area contributed by atoms with Crippen molar-refractivity contribution >= 4 is 0 Å². The highest BCUT2D eigenvalue weighted by molar-refractivity contribution is 5.52. The van der Waals surface area contributed by atoms with E-state index in [0.717, 1.165) is 56.4 Å². The molecule has 29 heavy (non-hydrogen) atoms. The van der Waals surface area contributed by atoms with Gasteiger partial charge < -0.3 is 19.2 Å². The van der Waals surface area contributed by atoms with Crippen LogP contribution in [0.5, 0.6) is 5.75 Å². The van der Waals surface area contributed by atoms with Crippen LogP contribution in [0.25, 0.3) is 11.5 Å². The lowest BCUT2D eigenvalue weighted by Gasteiger charge is -2.26. The number of morpholine rings is 1. The van der Waals surface area contributed by atoms with Gasteiger partial charge in [-0.25, -0.2) is 4.98 Å². The first-order chi connectivity index (χ1) is 14.4. The van der Waals surface area contributed by atoms with E-state index in [1.807, 2.05) is 42.5 Å². The Morgan fingerprint density at radius 1 is 1.00 bits per heavy atom. The molecule has 1 saturated heterocycles. The van der Waals surface area contributed by atoms with Gasteiger partial charge in [-0.05, 0) is 29.8 Å². The van der Waals surface area contributed by atoms with E-state index < -0.39 is 0 Å². The molecular formula is C23H27N3O3. The predicted octanol–water partition coefficient (Wildman–Crippen LogP) is 3.34. The van der Waals surface area contributed by atoms with Gasteiger partial charge in [-0.1, -0.05) is 30.3 Å². The van der Waals surface area contributed by atoms with Gasteiger partial charge in [0.15, 0.2) is 0 Å². The molecule has 1 aliphatic rings. The minimum absolute atomic E-state index is 0.651. The maximum atomic E-state index is 5.93. The Balaban J connectivity index is 1.22. The molecule has 6 heteroatoms. The molecule has 2 heterocycles. The highest BCUT2D eigenvalue weighted by atomic mass is 16.5. The van der Waals surface area contributed by atoms with Gasteiger partial charge in [-0.3, -0.25) is 4.90 Å². The van der Waals surface area contributed by atoms with Crippen LogP contribution in [0.15, 0.2) is 65.3 Å². The van der Waals surface area contributed by atoms with E-state index in [1.165, 1.54) is 5.56 Å². The summed E-state index contributed by atoms with van der Waals surface area (Å²) in [6.07, 6.45) is 1.71. The minimum Gasteiger partial charge on any atom is -0.492 e. The van der Waals surface area contributed by atoms with Crippen molar-refractivity contribution in [2.45, 2.75) is 13.1 Å². The molecule has 0 amide bonds. The Morgan fingerprint density at radius 2 is 1.86 bits per heavy atom. The van der Waals surface area contributed by atoms with Gasteiger partial charge in [-0.2, -0.15) is 0 Å². The van der Waals surface area contributed by atoms with Crippen LogP contribution in [0.4, 0.5) is 0 Å². The zero-order valence-electron chi connectivity index (χ0n) is 16.5. The van der Waals surface area contributed by atoms with Crippen LogP contribution in [0, 0.1) is 0 Å². The fourth-order valence-corrected chi connectivity index (χ4v) is 3.30. The zero-order chi connectivity index (χ0) is 19.7. The summed E-state index contributed by atoms with van der Waals surface area (Å²) in [6.45, 7) is 6.63. The number of aromatic nitrogens is 1. The van der Waals surface area contributed by atoms with Crippen molar-refractivity contribution in [2.24, 2.45) is 0 Å². The lowest BCUT2D eigenvalue weighted by Crippen LogP contribution is -2.38. The fraction of sp³-hybridized carbons (Fsp3) is 0.348. The molecule has 1 fully saturated rings. The number of ether oxygens (including phenoxy) is 2. The van der Waals surface area contributed by atoms with Crippen molar-refractivity contribution < 1.29 is 13.9 Å². The molecule has 152 valence electrons. The summed E-state index contributed by atoms with van der Waals surface area (Å²) < 4.78 is 16.9. The monoisotopic (exact) mass is 393 g/mol. The average molecular weight is 393 g/mol. The summed E-state index contributed by atoms with van der Waals surface area (Å²) in [5.41, 5.74) is 3.06. The molecule has 1 aliphatic heterocycles. The van der Waals surface area contributed by atoms with Gasteiger partial charge in [0.2, 0.25) is 5.89 Å². The Labute approximate surface area is 171 Å². The maximum Gasteiger partial charge on any atom is 0.226 e. The van der Waals surface area contributed by atoms with Crippen molar-refractivity contribution in [1.82, 2.24) is 15.2 Å². The first-order valence-electron chi connectivity index (χ1n) is 10.1. The Kier molecular flexibility index (Phi) is 6.91. The number of rotatable bonds is 9. The summed E-state index contributed by atoms with van der Waals surface area (Å²) >= 11 is 0. The van der Waals surface area contributed by atoms with Crippen LogP contribution in [0.2, 0.25) is 0 Å². The first-order valence-corrected chi connectivity index (χ1v) is 10.1. The van der Waals surface area contributed by atoms with E-state index in [1.54, 1.807) is 6.26 Å². The fourth-order valence-electron chi connectivity index (χ4n) is 3.30. The molecule has 0 bridgehead atoms. The quantitative estimate of drug-likeness (QED) is 0.602. The normalized spacial score (nSPS) is 14.8. The van der Waals surface area contributed by atoms with Crippen molar-refractivity contribution in [1.29, 1.82) is 0 Å². The number of oxazole rings is 1. The molecular weight excluding hydrogens is 366 g/mol. The van der Waals surface area contributed by atoms with Crippen LogP contribution < -0.4 is 10.1 Å². The molecule has 0 unspecified atom stereocenters. The SMILES string of the molecule is c1ccc(-c2nc(CNCc3cccc(OCCN4CCOCC4)c3)co2)cc1. The van der Waals surface area contributed by atoms with E-state index in [-0.39, 0.29) is 0 Å². The number of nitrogens with zero attached hydrogens (tertiary/aromatic N) is 2. The van der Waals surface area contributed by atoms with Crippen molar-refractivity contribution in [3.8, 4) is 17.2 Å². The van der Waals surface area contributed by atoms with Crippen molar-refractivity contribution in [2.75, 3.05) is 39.5 Å². The van der Waals surface area contributed by atoms with Gasteiger partial charge >= 0.3 is 0 Å². The second-order valence-electron chi connectivity index (χ2n) is 7.06. The molecule has 1 N–H and O–H groups in total. The molecule has 0 atom stereocenters. The molecule has 4 rings (SSSR count). The van der Waals surface area contributed by atoms with Gasteiger partial charge in [0.1, 0.15) is 18.6 Å². The standard InChI is InChI=1S/C23H27N3O3/c1-2-6-20(7-3-1)23-25-21(18-29-23)17-24-16-19-5-4-8-22(15-19)28-14-11-26-9-12-27-13-10-26/h1-8,15,18,24H,9-14,16-17H2. The van der Waals surface area contributed by atoms with Crippen LogP contribution in [0.1, 0.15) is 11.3 Å². The average Bonchev–Trinajstić information content (AvgIpc) is 3.25. The minimum atomic E-state index is 0.651. The van der Waals surface area contributed by atoms with E-state index in [2.05, 4.69) is 27.3 Å². The smallest absolute Gasteiger partial charge is 0.226 e.